The molecule has 0 atom stereocenters. The summed E-state index contributed by atoms with van der Waals surface area (Å²) < 4.78 is 0. The van der Waals surface area contributed by atoms with E-state index >= 15 is 0 Å². The summed E-state index contributed by atoms with van der Waals surface area (Å²) >= 11 is 0. The van der Waals surface area contributed by atoms with Gasteiger partial charge in [0.05, 0.1) is 0 Å². The minimum Gasteiger partial charge on any atom is -0.310 e. The lowest BCUT2D eigenvalue weighted by atomic mass is 9.67. The Morgan fingerprint density at radius 1 is 0.106 bits per heavy atom. The Labute approximate surface area is 840 Å². The van der Waals surface area contributed by atoms with Crippen LogP contribution < -0.4 is 19.6 Å². The Kier molecular flexibility index (Phi) is 19.2. The summed E-state index contributed by atoms with van der Waals surface area (Å²) in [5, 5.41) is 0. The van der Waals surface area contributed by atoms with Crippen LogP contribution in [0.2, 0.25) is 0 Å². The first kappa shape index (κ1) is 84.4. The van der Waals surface area contributed by atoms with Gasteiger partial charge in [-0.1, -0.05) is 329 Å². The van der Waals surface area contributed by atoms with E-state index in [1.807, 2.05) is 0 Å². The van der Waals surface area contributed by atoms with Gasteiger partial charge in [0.25, 0.3) is 0 Å². The van der Waals surface area contributed by atoms with Crippen molar-refractivity contribution >= 4 is 68.2 Å². The average molecular weight is 1840 g/mol. The molecule has 0 aromatic heterocycles. The van der Waals surface area contributed by atoms with Crippen molar-refractivity contribution in [2.24, 2.45) is 0 Å². The number of fused-ring (bicyclic) bond motifs is 35. The Hall–Kier alpha value is -13.3. The third kappa shape index (κ3) is 12.1. The lowest BCUT2D eigenvalue weighted by Gasteiger charge is -2.38. The summed E-state index contributed by atoms with van der Waals surface area (Å²) in [4.78, 5) is 10.7. The highest BCUT2D eigenvalue weighted by Crippen LogP contribution is 2.67. The van der Waals surface area contributed by atoms with E-state index in [0.717, 1.165) is 12.8 Å². The van der Waals surface area contributed by atoms with Gasteiger partial charge in [-0.25, -0.2) is 0 Å². The summed E-state index contributed by atoms with van der Waals surface area (Å²) in [6, 6.07) is 139. The second-order valence-corrected chi connectivity index (χ2v) is 46.0. The topological polar surface area (TPSA) is 13.0 Å². The zero-order chi connectivity index (χ0) is 93.3. The van der Waals surface area contributed by atoms with Gasteiger partial charge >= 0.3 is 0 Å². The number of nitrogens with zero attached hydrogens (tertiary/aromatic N) is 4. The molecule has 4 nitrogen and oxygen atoms in total. The molecule has 0 saturated heterocycles. The fraction of sp³-hybridized carbons (Fsp3) is 0.304. The summed E-state index contributed by atoms with van der Waals surface area (Å²) in [5.74, 6) is 0. The van der Waals surface area contributed by atoms with Crippen molar-refractivity contribution < 1.29 is 0 Å². The molecule has 14 aliphatic carbocycles. The Bertz CT molecular complexity index is 7130. The summed E-state index contributed by atoms with van der Waals surface area (Å²) in [5.41, 5.74) is 55.6. The molecule has 7 spiro atoms. The lowest BCUT2D eigenvalue weighted by Crippen LogP contribution is -2.29. The second-order valence-electron chi connectivity index (χ2n) is 46.0. The fourth-order valence-electron chi connectivity index (χ4n) is 33.4. The van der Waals surface area contributed by atoms with E-state index in [0.29, 0.717) is 0 Å². The molecule has 7 saturated carbocycles. The Morgan fingerprint density at radius 3 is 0.359 bits per heavy atom. The maximum absolute atomic E-state index is 2.72. The lowest BCUT2D eigenvalue weighted by molar-refractivity contribution is 0.352. The van der Waals surface area contributed by atoms with Crippen molar-refractivity contribution in [2.45, 2.75) is 263 Å². The molecule has 0 N–H and O–H groups in total. The van der Waals surface area contributed by atoms with E-state index in [1.165, 1.54) is 436 Å². The molecule has 16 aromatic rings. The van der Waals surface area contributed by atoms with E-state index in [-0.39, 0.29) is 37.9 Å². The molecular formula is C138H126N4. The van der Waals surface area contributed by atoms with Gasteiger partial charge in [-0.2, -0.15) is 0 Å². The van der Waals surface area contributed by atoms with Crippen LogP contribution in [-0.4, -0.2) is 0 Å². The molecule has 0 radical (unpaired) electrons. The van der Waals surface area contributed by atoms with E-state index in [2.05, 4.69) is 359 Å². The smallest absolute Gasteiger partial charge is 0.0465 e. The van der Waals surface area contributed by atoms with Gasteiger partial charge in [-0.3, -0.25) is 0 Å². The van der Waals surface area contributed by atoms with Crippen LogP contribution in [0.5, 0.6) is 0 Å². The summed E-state index contributed by atoms with van der Waals surface area (Å²) in [7, 11) is 0. The Balaban J connectivity index is 0.575. The van der Waals surface area contributed by atoms with Gasteiger partial charge in [-0.05, 0) is 391 Å². The van der Waals surface area contributed by atoms with Gasteiger partial charge in [0.15, 0.2) is 0 Å². The van der Waals surface area contributed by atoms with Crippen LogP contribution in [0.25, 0.3) is 77.9 Å². The van der Waals surface area contributed by atoms with E-state index in [9.17, 15) is 0 Å². The summed E-state index contributed by atoms with van der Waals surface area (Å²) in [6.07, 6.45) is 43.0. The van der Waals surface area contributed by atoms with Crippen molar-refractivity contribution in [2.75, 3.05) is 19.6 Å². The van der Waals surface area contributed by atoms with Gasteiger partial charge in [0.2, 0.25) is 0 Å². The molecule has 698 valence electrons. The number of rotatable bonds is 12. The van der Waals surface area contributed by atoms with Gasteiger partial charge in [0, 0.05) is 106 Å². The van der Waals surface area contributed by atoms with E-state index in [1.54, 1.807) is 0 Å². The van der Waals surface area contributed by atoms with E-state index < -0.39 is 0 Å². The number of anilines is 12. The van der Waals surface area contributed by atoms with Gasteiger partial charge in [0.1, 0.15) is 0 Å². The maximum atomic E-state index is 2.72. The molecular weight excluding hydrogens is 1710 g/mol. The summed E-state index contributed by atoms with van der Waals surface area (Å²) in [6.45, 7) is 0. The predicted octanol–water partition coefficient (Wildman–Crippen LogP) is 38.2. The van der Waals surface area contributed by atoms with Crippen LogP contribution in [-0.2, 0) is 37.9 Å². The van der Waals surface area contributed by atoms with Crippen molar-refractivity contribution in [3.8, 4) is 77.9 Å². The minimum absolute atomic E-state index is 0.00651. The number of hydrogen-bond acceptors (Lipinski definition) is 4. The molecule has 0 amide bonds. The molecule has 14 aliphatic rings. The highest BCUT2D eigenvalue weighted by molar-refractivity contribution is 5.97. The molecule has 0 heterocycles. The molecule has 0 unspecified atom stereocenters. The van der Waals surface area contributed by atoms with Crippen LogP contribution in [0.15, 0.2) is 340 Å². The molecule has 30 rings (SSSR count). The van der Waals surface area contributed by atoms with Crippen molar-refractivity contribution in [1.82, 2.24) is 0 Å². The number of hydrogen-bond donors (Lipinski definition) is 0. The van der Waals surface area contributed by atoms with Crippen LogP contribution in [0.4, 0.5) is 68.2 Å². The first-order valence-corrected chi connectivity index (χ1v) is 55.4. The van der Waals surface area contributed by atoms with Crippen LogP contribution >= 0.6 is 0 Å². The van der Waals surface area contributed by atoms with E-state index in [4.69, 9.17) is 0 Å². The maximum Gasteiger partial charge on any atom is 0.0465 e. The molecule has 16 aromatic carbocycles. The van der Waals surface area contributed by atoms with Gasteiger partial charge < -0.3 is 19.6 Å². The third-order valence-electron chi connectivity index (χ3n) is 39.6. The van der Waals surface area contributed by atoms with Crippen molar-refractivity contribution in [1.29, 1.82) is 0 Å². The molecule has 0 aliphatic heterocycles. The Morgan fingerprint density at radius 2 is 0.218 bits per heavy atom. The normalized spacial score (nSPS) is 19.4. The number of benzene rings is 16. The molecule has 4 heteroatoms. The minimum atomic E-state index is -0.222. The highest BCUT2D eigenvalue weighted by atomic mass is 15.2. The average Bonchev–Trinajstić information content (AvgIpc) is 1.56. The first-order valence-electron chi connectivity index (χ1n) is 55.4. The molecule has 7 fully saturated rings. The molecule has 0 bridgehead atoms. The SMILES string of the molecule is c1ccc2c(c1)-c1ccc(N(c3ccc(N(c4ccc5c(c4)C4(CCCCC4)c4ccccc4-5)c4ccc5c(c4)C4(CCCCC4)c4cc(N(c6ccc(N(c7ccc8c(c7)C7(CCCCC7)c7ccccc7-8)c7ccc8c(c7)C7(CCCCC7)c7ccccc7-8)cc6)c6ccc7c(c6)C6(CCCCC6)c6ccccc6-7)ccc4-5)cc3)c3ccc4c(c3)C3(CCCCC3)c3ccccc3-4)cc1C21CCCCC1. The highest BCUT2D eigenvalue weighted by Gasteiger charge is 2.53. The second kappa shape index (κ2) is 32.4. The zero-order valence-electron chi connectivity index (χ0n) is 82.4. The fourth-order valence-corrected chi connectivity index (χ4v) is 33.4. The van der Waals surface area contributed by atoms with Crippen LogP contribution in [0.1, 0.15) is 303 Å². The zero-order valence-corrected chi connectivity index (χ0v) is 82.4. The monoisotopic (exact) mass is 1840 g/mol. The van der Waals surface area contributed by atoms with Crippen molar-refractivity contribution in [3.63, 3.8) is 0 Å². The predicted molar refractivity (Wildman–Crippen MR) is 590 cm³/mol. The van der Waals surface area contributed by atoms with Crippen molar-refractivity contribution in [3.05, 3.63) is 418 Å². The first-order chi connectivity index (χ1) is 70.2. The standard InChI is InChI=1S/C138H126N4/c1-20-70-132(71-21-1)118-40-14-8-34-104(118)110-62-54-96(84-124(110)132)139(97-55-63-111-105-35-9-15-41-119(105)133(125(111)85-97)72-22-2-23-73-133)92-46-50-94(51-47-92)141(100-58-66-114-108-38-12-18-44-122(108)136(128(114)88-100)78-28-5-29-79-136)102-60-68-116-117-69-61-103(91-131(117)138(130(116)90-102)82-32-7-33-83-138)142(101-59-67-115-109-39-13-19-45-123(109)137(129(115)89-101)80-30-6-31-81-137)95-52-48-93(49-53-95)140(98-56-64-112-106-36-10-16-42-120(106)134(126(112)86-98)74-24-3-25-75-134)99-57-65-113-107-37-11-17-43-121(107)135(127(113)87-99)76-26-4-27-77-135/h8-19,34-69,84-91H,1-7,20-33,70-83H2. The quantitative estimate of drug-likeness (QED) is 0.121. The molecule has 142 heavy (non-hydrogen) atoms. The largest absolute Gasteiger partial charge is 0.310 e. The van der Waals surface area contributed by atoms with Crippen LogP contribution in [0.3, 0.4) is 0 Å². The van der Waals surface area contributed by atoms with Crippen LogP contribution in [0, 0.1) is 0 Å². The van der Waals surface area contributed by atoms with Gasteiger partial charge in [-0.15, -0.1) is 0 Å². The third-order valence-corrected chi connectivity index (χ3v) is 39.6.